The SMILES string of the molecule is C[C@@]12CSC(=N1)C1=CCC(=N1)CNC(=O)C[C@@H](/C=C/CCS)OC(=O)[C@H](Cc1ccc(O)cc1)NC2=O. The molecule has 3 aliphatic rings. The summed E-state index contributed by atoms with van der Waals surface area (Å²) in [6.07, 6.45) is 5.93. The predicted octanol–water partition coefficient (Wildman–Crippen LogP) is 2.36. The number of carbonyl (C=O) groups excluding carboxylic acids is 3. The lowest BCUT2D eigenvalue weighted by molar-refractivity contribution is -0.152. The number of fused-ring (bicyclic) bond motifs is 3. The first-order chi connectivity index (χ1) is 17.8. The van der Waals surface area contributed by atoms with Gasteiger partial charge in [0.25, 0.3) is 0 Å². The van der Waals surface area contributed by atoms with E-state index in [0.29, 0.717) is 35.1 Å². The number of hydrogen-bond acceptors (Lipinski definition) is 9. The molecule has 3 heterocycles. The molecular formula is C26H30N4O5S2. The number of aromatic hydroxyl groups is 1. The Hall–Kier alpha value is -3.05. The molecule has 4 rings (SSSR count). The zero-order chi connectivity index (χ0) is 26.4. The lowest BCUT2D eigenvalue weighted by atomic mass is 10.0. The van der Waals surface area contributed by atoms with Crippen molar-refractivity contribution in [3.8, 4) is 5.75 Å². The van der Waals surface area contributed by atoms with E-state index in [1.54, 1.807) is 25.1 Å². The van der Waals surface area contributed by atoms with Crippen LogP contribution in [0.2, 0.25) is 0 Å². The molecule has 3 aliphatic heterocycles. The number of ether oxygens (including phenoxy) is 1. The van der Waals surface area contributed by atoms with Gasteiger partial charge in [0, 0.05) is 24.3 Å². The average Bonchev–Trinajstić information content (AvgIpc) is 3.50. The van der Waals surface area contributed by atoms with E-state index in [2.05, 4.69) is 33.2 Å². The summed E-state index contributed by atoms with van der Waals surface area (Å²) >= 11 is 5.64. The van der Waals surface area contributed by atoms with Crippen LogP contribution in [-0.4, -0.2) is 69.4 Å². The molecule has 11 heteroatoms. The second kappa shape index (κ2) is 12.0. The normalized spacial score (nSPS) is 26.8. The summed E-state index contributed by atoms with van der Waals surface area (Å²) in [5.41, 5.74) is 1.14. The van der Waals surface area contributed by atoms with E-state index < -0.39 is 29.6 Å². The zero-order valence-corrected chi connectivity index (χ0v) is 22.2. The van der Waals surface area contributed by atoms with E-state index in [1.165, 1.54) is 23.9 Å². The van der Waals surface area contributed by atoms with E-state index in [0.717, 1.165) is 11.3 Å². The van der Waals surface area contributed by atoms with Gasteiger partial charge in [0.05, 0.1) is 18.7 Å². The number of phenols is 1. The maximum absolute atomic E-state index is 13.4. The molecule has 37 heavy (non-hydrogen) atoms. The zero-order valence-electron chi connectivity index (χ0n) is 20.5. The van der Waals surface area contributed by atoms with Crippen LogP contribution in [-0.2, 0) is 25.5 Å². The Labute approximate surface area is 225 Å². The number of allylic oxidation sites excluding steroid dienone is 2. The number of cyclic esters (lactones) is 1. The fourth-order valence-electron chi connectivity index (χ4n) is 4.00. The Kier molecular flexibility index (Phi) is 8.75. The van der Waals surface area contributed by atoms with Crippen molar-refractivity contribution in [2.75, 3.05) is 18.1 Å². The van der Waals surface area contributed by atoms with E-state index in [9.17, 15) is 19.5 Å². The molecule has 3 N–H and O–H groups in total. The second-order valence-corrected chi connectivity index (χ2v) is 10.7. The Morgan fingerprint density at radius 1 is 1.27 bits per heavy atom. The topological polar surface area (TPSA) is 129 Å². The summed E-state index contributed by atoms with van der Waals surface area (Å²) in [7, 11) is 0. The van der Waals surface area contributed by atoms with Gasteiger partial charge in [0.1, 0.15) is 28.5 Å². The number of nitrogens with one attached hydrogen (secondary N) is 2. The lowest BCUT2D eigenvalue weighted by Crippen LogP contribution is -2.52. The van der Waals surface area contributed by atoms with Crippen LogP contribution in [0.25, 0.3) is 0 Å². The first-order valence-electron chi connectivity index (χ1n) is 12.1. The van der Waals surface area contributed by atoms with Crippen molar-refractivity contribution in [3.63, 3.8) is 0 Å². The molecule has 0 saturated heterocycles. The lowest BCUT2D eigenvalue weighted by Gasteiger charge is -2.25. The average molecular weight is 543 g/mol. The van der Waals surface area contributed by atoms with Crippen LogP contribution in [0.3, 0.4) is 0 Å². The summed E-state index contributed by atoms with van der Waals surface area (Å²) in [6.45, 7) is 2.01. The van der Waals surface area contributed by atoms with Gasteiger partial charge in [-0.1, -0.05) is 24.3 Å². The number of esters is 1. The molecule has 196 valence electrons. The molecule has 2 amide bonds. The Balaban J connectivity index is 1.64. The minimum absolute atomic E-state index is 0.0669. The maximum atomic E-state index is 13.4. The molecule has 9 nitrogen and oxygen atoms in total. The highest BCUT2D eigenvalue weighted by atomic mass is 32.2. The third-order valence-electron chi connectivity index (χ3n) is 6.11. The number of amides is 2. The van der Waals surface area contributed by atoms with Crippen LogP contribution < -0.4 is 10.6 Å². The fourth-order valence-corrected chi connectivity index (χ4v) is 5.31. The molecule has 0 saturated carbocycles. The number of thioether (sulfide) groups is 1. The standard InChI is InChI=1S/C26H30N4O5S2/c1-26-15-37-23(30-26)20-10-7-17(28-20)14-27-22(32)13-19(4-2-3-11-36)35-24(33)21(29-25(26)34)12-16-5-8-18(31)9-6-16/h2,4-6,8-10,19,21,31,36H,3,7,11-15H2,1H3,(H,27,32)(H,29,34)/b4-2+/t19-,21+,26+/m1/s1. The molecule has 0 spiro atoms. The van der Waals surface area contributed by atoms with Crippen molar-refractivity contribution >= 4 is 52.9 Å². The first kappa shape index (κ1) is 27.0. The Morgan fingerprint density at radius 3 is 2.81 bits per heavy atom. The van der Waals surface area contributed by atoms with Crippen LogP contribution in [0.15, 0.2) is 58.2 Å². The highest BCUT2D eigenvalue weighted by molar-refractivity contribution is 8.14. The predicted molar refractivity (Wildman–Crippen MR) is 147 cm³/mol. The van der Waals surface area contributed by atoms with Crippen molar-refractivity contribution in [2.24, 2.45) is 9.98 Å². The van der Waals surface area contributed by atoms with Gasteiger partial charge in [0.2, 0.25) is 11.8 Å². The maximum Gasteiger partial charge on any atom is 0.329 e. The first-order valence-corrected chi connectivity index (χ1v) is 13.7. The van der Waals surface area contributed by atoms with Crippen LogP contribution in [0.5, 0.6) is 5.75 Å². The molecule has 0 unspecified atom stereocenters. The van der Waals surface area contributed by atoms with Gasteiger partial charge in [-0.05, 0) is 42.9 Å². The molecule has 1 aromatic carbocycles. The summed E-state index contributed by atoms with van der Waals surface area (Å²) in [5.74, 6) is -0.229. The highest BCUT2D eigenvalue weighted by Gasteiger charge is 2.41. The second-order valence-electron chi connectivity index (χ2n) is 9.24. The Bertz CT molecular complexity index is 1180. The smallest absolute Gasteiger partial charge is 0.329 e. The molecule has 0 fully saturated rings. The minimum Gasteiger partial charge on any atom is -0.508 e. The number of benzene rings is 1. The van der Waals surface area contributed by atoms with Crippen LogP contribution in [0.4, 0.5) is 0 Å². The third kappa shape index (κ3) is 7.04. The number of phenolic OH excluding ortho intramolecular Hbond substituents is 1. The van der Waals surface area contributed by atoms with Crippen molar-refractivity contribution in [3.05, 3.63) is 53.8 Å². The monoisotopic (exact) mass is 542 g/mol. The third-order valence-corrected chi connectivity index (χ3v) is 7.65. The van der Waals surface area contributed by atoms with Crippen molar-refractivity contribution in [1.29, 1.82) is 0 Å². The van der Waals surface area contributed by atoms with E-state index in [4.69, 9.17) is 4.74 Å². The quantitative estimate of drug-likeness (QED) is 0.257. The number of hydrogen-bond donors (Lipinski definition) is 4. The molecule has 4 bridgehead atoms. The number of aliphatic imine (C=N–C) groups is 2. The van der Waals surface area contributed by atoms with Gasteiger partial charge in [0.15, 0.2) is 0 Å². The van der Waals surface area contributed by atoms with Gasteiger partial charge in [-0.25, -0.2) is 4.79 Å². The van der Waals surface area contributed by atoms with E-state index in [-0.39, 0.29) is 31.0 Å². The van der Waals surface area contributed by atoms with Crippen LogP contribution >= 0.6 is 24.4 Å². The van der Waals surface area contributed by atoms with Gasteiger partial charge in [-0.3, -0.25) is 19.6 Å². The number of rotatable bonds is 5. The fraction of sp³-hybridized carbons (Fsp3) is 0.423. The molecule has 0 radical (unpaired) electrons. The molecule has 0 aromatic heterocycles. The molecule has 3 atom stereocenters. The molecule has 0 aliphatic carbocycles. The number of nitrogens with zero attached hydrogens (tertiary/aromatic N) is 2. The van der Waals surface area contributed by atoms with E-state index in [1.807, 2.05) is 12.2 Å². The number of thiol groups is 1. The van der Waals surface area contributed by atoms with Gasteiger partial charge < -0.3 is 20.5 Å². The van der Waals surface area contributed by atoms with Crippen molar-refractivity contribution in [2.45, 2.75) is 50.3 Å². The summed E-state index contributed by atoms with van der Waals surface area (Å²) in [5, 5.41) is 16.0. The summed E-state index contributed by atoms with van der Waals surface area (Å²) in [6, 6.07) is 5.36. The molecule has 1 aromatic rings. The Morgan fingerprint density at radius 2 is 2.05 bits per heavy atom. The van der Waals surface area contributed by atoms with E-state index >= 15 is 0 Å². The van der Waals surface area contributed by atoms with Crippen molar-refractivity contribution in [1.82, 2.24) is 10.6 Å². The van der Waals surface area contributed by atoms with Crippen molar-refractivity contribution < 1.29 is 24.2 Å². The minimum atomic E-state index is -1.08. The summed E-state index contributed by atoms with van der Waals surface area (Å²) in [4.78, 5) is 48.7. The summed E-state index contributed by atoms with van der Waals surface area (Å²) < 4.78 is 5.74. The largest absolute Gasteiger partial charge is 0.508 e. The molecular weight excluding hydrogens is 512 g/mol. The highest BCUT2D eigenvalue weighted by Crippen LogP contribution is 2.33. The number of carbonyl (C=O) groups is 3. The van der Waals surface area contributed by atoms with Crippen LogP contribution in [0.1, 0.15) is 31.7 Å². The van der Waals surface area contributed by atoms with Crippen LogP contribution in [0, 0.1) is 0 Å². The van der Waals surface area contributed by atoms with Gasteiger partial charge in [-0.2, -0.15) is 12.6 Å². The van der Waals surface area contributed by atoms with Gasteiger partial charge >= 0.3 is 5.97 Å². The van der Waals surface area contributed by atoms with Gasteiger partial charge in [-0.15, -0.1) is 11.8 Å².